The van der Waals surface area contributed by atoms with E-state index in [2.05, 4.69) is 166 Å². The van der Waals surface area contributed by atoms with Crippen LogP contribution >= 0.6 is 11.3 Å². The lowest BCUT2D eigenvalue weighted by Gasteiger charge is -2.22. The Labute approximate surface area is 295 Å². The van der Waals surface area contributed by atoms with Gasteiger partial charge in [0.15, 0.2) is 5.82 Å². The maximum atomic E-state index is 5.26. The zero-order valence-corrected chi connectivity index (χ0v) is 28.6. The molecule has 50 heavy (non-hydrogen) atoms. The van der Waals surface area contributed by atoms with Crippen LogP contribution in [0.2, 0.25) is 0 Å². The average molecular weight is 657 g/mol. The van der Waals surface area contributed by atoms with Gasteiger partial charge in [-0.2, -0.15) is 0 Å². The summed E-state index contributed by atoms with van der Waals surface area (Å²) >= 11 is 1.83. The Morgan fingerprint density at radius 2 is 1.02 bits per heavy atom. The molecule has 0 bridgehead atoms. The Morgan fingerprint density at radius 3 is 1.86 bits per heavy atom. The summed E-state index contributed by atoms with van der Waals surface area (Å²) in [7, 11) is 0. The second-order valence-corrected chi connectivity index (χ2v) is 14.8. The van der Waals surface area contributed by atoms with E-state index in [-0.39, 0.29) is 5.41 Å². The molecular weight excluding hydrogens is 625 g/mol. The normalized spacial score (nSPS) is 13.2. The molecule has 1 aliphatic carbocycles. The van der Waals surface area contributed by atoms with Crippen LogP contribution in [-0.2, 0) is 5.41 Å². The van der Waals surface area contributed by atoms with Crippen LogP contribution in [0.4, 0.5) is 0 Å². The summed E-state index contributed by atoms with van der Waals surface area (Å²) in [6.07, 6.45) is 0. The number of rotatable bonds is 4. The van der Waals surface area contributed by atoms with Crippen molar-refractivity contribution in [2.45, 2.75) is 19.3 Å². The molecule has 9 aromatic rings. The van der Waals surface area contributed by atoms with E-state index in [0.717, 1.165) is 33.9 Å². The number of thiophene rings is 1. The molecular formula is C47H32N2S. The molecule has 2 heterocycles. The molecule has 10 rings (SSSR count). The van der Waals surface area contributed by atoms with E-state index in [9.17, 15) is 0 Å². The standard InChI is InChI=1S/C47H32N2S/c1-47(2)40-21-10-8-17-34(40)35-24-23-30(27-41(35)47)31-25-26-36(33-16-7-6-15-32(31)33)42-28-43(49-46(48-42)29-13-4-3-5-14-29)39-20-12-19-38-37-18-9-11-22-44(37)50-45(38)39/h3-28H,1-2H3. The van der Waals surface area contributed by atoms with Crippen molar-refractivity contribution in [2.24, 2.45) is 0 Å². The Bertz CT molecular complexity index is 2790. The van der Waals surface area contributed by atoms with Gasteiger partial charge in [-0.3, -0.25) is 0 Å². The molecule has 0 radical (unpaired) electrons. The lowest BCUT2D eigenvalue weighted by molar-refractivity contribution is 0.660. The minimum atomic E-state index is -0.0554. The average Bonchev–Trinajstić information content (AvgIpc) is 3.66. The van der Waals surface area contributed by atoms with Gasteiger partial charge in [0.1, 0.15) is 0 Å². The van der Waals surface area contributed by atoms with Gasteiger partial charge < -0.3 is 0 Å². The van der Waals surface area contributed by atoms with Crippen molar-refractivity contribution >= 4 is 42.3 Å². The molecule has 0 saturated heterocycles. The van der Waals surface area contributed by atoms with Crippen molar-refractivity contribution in [3.05, 3.63) is 169 Å². The first-order chi connectivity index (χ1) is 24.5. The number of benzene rings is 7. The highest BCUT2D eigenvalue weighted by Crippen LogP contribution is 2.50. The predicted molar refractivity (Wildman–Crippen MR) is 212 cm³/mol. The fourth-order valence-electron chi connectivity index (χ4n) is 8.03. The van der Waals surface area contributed by atoms with Crippen LogP contribution in [0.5, 0.6) is 0 Å². The molecule has 2 nitrogen and oxygen atoms in total. The fraction of sp³-hybridized carbons (Fsp3) is 0.0638. The van der Waals surface area contributed by atoms with E-state index >= 15 is 0 Å². The Hall–Kier alpha value is -5.90. The van der Waals surface area contributed by atoms with Crippen LogP contribution in [0.15, 0.2) is 158 Å². The Kier molecular flexibility index (Phi) is 6.43. The first-order valence-electron chi connectivity index (χ1n) is 17.2. The van der Waals surface area contributed by atoms with Crippen LogP contribution < -0.4 is 0 Å². The minimum Gasteiger partial charge on any atom is -0.228 e. The number of nitrogens with zero attached hydrogens (tertiary/aromatic N) is 2. The van der Waals surface area contributed by atoms with Gasteiger partial charge in [-0.25, -0.2) is 9.97 Å². The molecule has 0 atom stereocenters. The number of hydrogen-bond donors (Lipinski definition) is 0. The Morgan fingerprint density at radius 1 is 0.420 bits per heavy atom. The summed E-state index contributed by atoms with van der Waals surface area (Å²) in [5.41, 5.74) is 12.9. The van der Waals surface area contributed by atoms with Gasteiger partial charge in [0.25, 0.3) is 0 Å². The molecule has 0 N–H and O–H groups in total. The van der Waals surface area contributed by atoms with E-state index in [1.54, 1.807) is 0 Å². The molecule has 0 aliphatic heterocycles. The van der Waals surface area contributed by atoms with E-state index < -0.39 is 0 Å². The third-order valence-corrected chi connectivity index (χ3v) is 11.8. The molecule has 1 aliphatic rings. The lowest BCUT2D eigenvalue weighted by atomic mass is 9.81. The maximum absolute atomic E-state index is 5.26. The SMILES string of the molecule is CC1(C)c2ccccc2-c2ccc(-c3ccc(-c4cc(-c5cccc6c5sc5ccccc56)nc(-c5ccccc5)n4)c4ccccc34)cc21. The summed E-state index contributed by atoms with van der Waals surface area (Å²) in [6, 6.07) is 56.9. The fourth-order valence-corrected chi connectivity index (χ4v) is 9.26. The number of hydrogen-bond acceptors (Lipinski definition) is 3. The van der Waals surface area contributed by atoms with E-state index in [4.69, 9.17) is 9.97 Å². The van der Waals surface area contributed by atoms with Crippen LogP contribution in [0.3, 0.4) is 0 Å². The molecule has 0 spiro atoms. The van der Waals surface area contributed by atoms with Gasteiger partial charge in [-0.15, -0.1) is 11.3 Å². The molecule has 3 heteroatoms. The zero-order valence-electron chi connectivity index (χ0n) is 27.8. The van der Waals surface area contributed by atoms with E-state index in [1.165, 1.54) is 64.3 Å². The smallest absolute Gasteiger partial charge is 0.160 e. The molecule has 7 aromatic carbocycles. The van der Waals surface area contributed by atoms with Gasteiger partial charge in [0.05, 0.1) is 11.4 Å². The molecule has 2 aromatic heterocycles. The first kappa shape index (κ1) is 29.1. The highest BCUT2D eigenvalue weighted by molar-refractivity contribution is 7.26. The van der Waals surface area contributed by atoms with Crippen molar-refractivity contribution < 1.29 is 0 Å². The zero-order chi connectivity index (χ0) is 33.4. The van der Waals surface area contributed by atoms with Crippen LogP contribution in [0.25, 0.3) is 87.1 Å². The second-order valence-electron chi connectivity index (χ2n) is 13.7. The molecule has 0 amide bonds. The summed E-state index contributed by atoms with van der Waals surface area (Å²) in [5.74, 6) is 0.727. The number of aromatic nitrogens is 2. The van der Waals surface area contributed by atoms with Crippen molar-refractivity contribution in [1.82, 2.24) is 9.97 Å². The largest absolute Gasteiger partial charge is 0.228 e. The summed E-state index contributed by atoms with van der Waals surface area (Å²) in [4.78, 5) is 10.5. The van der Waals surface area contributed by atoms with Gasteiger partial charge in [-0.05, 0) is 62.4 Å². The van der Waals surface area contributed by atoms with Gasteiger partial charge >= 0.3 is 0 Å². The van der Waals surface area contributed by atoms with Gasteiger partial charge in [0, 0.05) is 42.3 Å². The highest BCUT2D eigenvalue weighted by atomic mass is 32.1. The summed E-state index contributed by atoms with van der Waals surface area (Å²) < 4.78 is 2.53. The van der Waals surface area contributed by atoms with Crippen molar-refractivity contribution in [3.8, 4) is 56.2 Å². The predicted octanol–water partition coefficient (Wildman–Crippen LogP) is 13.0. The van der Waals surface area contributed by atoms with Crippen molar-refractivity contribution in [2.75, 3.05) is 0 Å². The topological polar surface area (TPSA) is 25.8 Å². The minimum absolute atomic E-state index is 0.0554. The van der Waals surface area contributed by atoms with Gasteiger partial charge in [0.2, 0.25) is 0 Å². The summed E-state index contributed by atoms with van der Waals surface area (Å²) in [6.45, 7) is 4.69. The lowest BCUT2D eigenvalue weighted by Crippen LogP contribution is -2.14. The Balaban J connectivity index is 1.17. The van der Waals surface area contributed by atoms with Crippen LogP contribution in [-0.4, -0.2) is 9.97 Å². The second kappa shape index (κ2) is 11.1. The van der Waals surface area contributed by atoms with Crippen LogP contribution in [0, 0.1) is 0 Å². The van der Waals surface area contributed by atoms with Crippen LogP contribution in [0.1, 0.15) is 25.0 Å². The first-order valence-corrected chi connectivity index (χ1v) is 18.0. The third kappa shape index (κ3) is 4.40. The third-order valence-electron chi connectivity index (χ3n) is 10.5. The van der Waals surface area contributed by atoms with E-state index in [0.29, 0.717) is 0 Å². The quantitative estimate of drug-likeness (QED) is 0.188. The molecule has 0 fully saturated rings. The summed E-state index contributed by atoms with van der Waals surface area (Å²) in [5, 5.41) is 4.94. The monoisotopic (exact) mass is 656 g/mol. The van der Waals surface area contributed by atoms with E-state index in [1.807, 2.05) is 17.4 Å². The molecule has 0 unspecified atom stereocenters. The van der Waals surface area contributed by atoms with Crippen molar-refractivity contribution in [1.29, 1.82) is 0 Å². The van der Waals surface area contributed by atoms with Crippen molar-refractivity contribution in [3.63, 3.8) is 0 Å². The van der Waals surface area contributed by atoms with Gasteiger partial charge in [-0.1, -0.05) is 153 Å². The highest BCUT2D eigenvalue weighted by Gasteiger charge is 2.35. The molecule has 0 saturated carbocycles. The maximum Gasteiger partial charge on any atom is 0.160 e. The number of fused-ring (bicyclic) bond motifs is 7. The molecule has 236 valence electrons.